The summed E-state index contributed by atoms with van der Waals surface area (Å²) in [5.74, 6) is 0.791. The second-order valence-corrected chi connectivity index (χ2v) is 4.88. The van der Waals surface area contributed by atoms with Crippen LogP contribution in [0, 0.1) is 10.1 Å². The fourth-order valence-corrected chi connectivity index (χ4v) is 2.13. The van der Waals surface area contributed by atoms with Crippen LogP contribution in [-0.4, -0.2) is 22.2 Å². The molecular weight excluding hydrogens is 298 g/mol. The standard InChI is InChI=1S/C13H14ClN3O4/c1-3-4-9(14)12-15-13(21-16-12)8-5-6-10(17(18)19)11(7-8)20-2/h5-7,9H,3-4H2,1-2H3. The summed E-state index contributed by atoms with van der Waals surface area (Å²) in [7, 11) is 1.36. The molecule has 21 heavy (non-hydrogen) atoms. The molecular formula is C13H14ClN3O4. The van der Waals surface area contributed by atoms with Crippen LogP contribution in [0.5, 0.6) is 5.75 Å². The molecule has 1 aromatic carbocycles. The predicted octanol–water partition coefficient (Wildman–Crippen LogP) is 3.73. The van der Waals surface area contributed by atoms with Gasteiger partial charge in [0, 0.05) is 17.7 Å². The highest BCUT2D eigenvalue weighted by molar-refractivity contribution is 6.20. The molecule has 7 nitrogen and oxygen atoms in total. The first-order chi connectivity index (χ1) is 10.1. The van der Waals surface area contributed by atoms with Crippen molar-refractivity contribution in [1.82, 2.24) is 10.1 Å². The van der Waals surface area contributed by atoms with Gasteiger partial charge in [0.15, 0.2) is 11.6 Å². The minimum Gasteiger partial charge on any atom is -0.490 e. The molecule has 0 saturated heterocycles. The topological polar surface area (TPSA) is 91.3 Å². The molecule has 0 fully saturated rings. The Hall–Kier alpha value is -2.15. The molecule has 112 valence electrons. The molecule has 0 amide bonds. The number of benzene rings is 1. The van der Waals surface area contributed by atoms with Gasteiger partial charge in [-0.05, 0) is 12.5 Å². The van der Waals surface area contributed by atoms with Gasteiger partial charge >= 0.3 is 5.69 Å². The SMILES string of the molecule is CCCC(Cl)c1noc(-c2ccc([N+](=O)[O-])c(OC)c2)n1. The molecule has 2 rings (SSSR count). The van der Waals surface area contributed by atoms with Crippen LogP contribution in [-0.2, 0) is 0 Å². The highest BCUT2D eigenvalue weighted by Gasteiger charge is 2.19. The first-order valence-corrected chi connectivity index (χ1v) is 6.81. The lowest BCUT2D eigenvalue weighted by atomic mass is 10.2. The Kier molecular flexibility index (Phi) is 4.74. The number of nitro groups is 1. The Morgan fingerprint density at radius 3 is 2.90 bits per heavy atom. The van der Waals surface area contributed by atoms with E-state index in [1.54, 1.807) is 0 Å². The van der Waals surface area contributed by atoms with E-state index in [1.165, 1.54) is 25.3 Å². The minimum absolute atomic E-state index is 0.123. The summed E-state index contributed by atoms with van der Waals surface area (Å²) in [5, 5.41) is 14.4. The highest BCUT2D eigenvalue weighted by Crippen LogP contribution is 2.32. The summed E-state index contributed by atoms with van der Waals surface area (Å²) in [6.45, 7) is 2.01. The maximum Gasteiger partial charge on any atom is 0.310 e. The zero-order valence-corrected chi connectivity index (χ0v) is 12.3. The van der Waals surface area contributed by atoms with E-state index >= 15 is 0 Å². The molecule has 2 aromatic rings. The number of hydrogen-bond acceptors (Lipinski definition) is 6. The molecule has 0 aliphatic carbocycles. The monoisotopic (exact) mass is 311 g/mol. The molecule has 1 atom stereocenters. The number of aromatic nitrogens is 2. The maximum atomic E-state index is 10.9. The van der Waals surface area contributed by atoms with Crippen LogP contribution in [0.2, 0.25) is 0 Å². The van der Waals surface area contributed by atoms with E-state index in [9.17, 15) is 10.1 Å². The average Bonchev–Trinajstić information content (AvgIpc) is 2.96. The Bertz CT molecular complexity index is 644. The van der Waals surface area contributed by atoms with Crippen molar-refractivity contribution in [2.24, 2.45) is 0 Å². The van der Waals surface area contributed by atoms with E-state index in [4.69, 9.17) is 20.9 Å². The van der Waals surface area contributed by atoms with Gasteiger partial charge in [-0.15, -0.1) is 11.6 Å². The zero-order valence-electron chi connectivity index (χ0n) is 11.6. The molecule has 8 heteroatoms. The minimum atomic E-state index is -0.516. The predicted molar refractivity (Wildman–Crippen MR) is 76.4 cm³/mol. The summed E-state index contributed by atoms with van der Waals surface area (Å²) >= 11 is 6.13. The van der Waals surface area contributed by atoms with Gasteiger partial charge in [0.05, 0.1) is 17.4 Å². The number of methoxy groups -OCH3 is 1. The van der Waals surface area contributed by atoms with E-state index in [0.29, 0.717) is 11.4 Å². The Labute approximate surface area is 126 Å². The van der Waals surface area contributed by atoms with Gasteiger partial charge in [-0.25, -0.2) is 0 Å². The number of nitrogens with zero attached hydrogens (tertiary/aromatic N) is 3. The molecule has 0 bridgehead atoms. The van der Waals surface area contributed by atoms with Gasteiger partial charge in [0.2, 0.25) is 0 Å². The first kappa shape index (κ1) is 15.2. The fourth-order valence-electron chi connectivity index (χ4n) is 1.82. The number of hydrogen-bond donors (Lipinski definition) is 0. The van der Waals surface area contributed by atoms with E-state index in [1.807, 2.05) is 6.92 Å². The molecule has 0 aliphatic rings. The van der Waals surface area contributed by atoms with Crippen molar-refractivity contribution < 1.29 is 14.2 Å². The third-order valence-corrected chi connectivity index (χ3v) is 3.30. The van der Waals surface area contributed by atoms with Gasteiger partial charge in [0.1, 0.15) is 0 Å². The molecule has 0 saturated carbocycles. The van der Waals surface area contributed by atoms with E-state index in [-0.39, 0.29) is 22.7 Å². The Morgan fingerprint density at radius 1 is 1.52 bits per heavy atom. The van der Waals surface area contributed by atoms with Gasteiger partial charge in [-0.1, -0.05) is 18.5 Å². The van der Waals surface area contributed by atoms with Crippen LogP contribution in [0.25, 0.3) is 11.5 Å². The van der Waals surface area contributed by atoms with Crippen molar-refractivity contribution in [1.29, 1.82) is 0 Å². The Morgan fingerprint density at radius 2 is 2.29 bits per heavy atom. The molecule has 0 spiro atoms. The van der Waals surface area contributed by atoms with Gasteiger partial charge in [-0.2, -0.15) is 4.98 Å². The normalized spacial score (nSPS) is 12.1. The van der Waals surface area contributed by atoms with E-state index in [2.05, 4.69) is 10.1 Å². The van der Waals surface area contributed by atoms with Crippen LogP contribution < -0.4 is 4.74 Å². The molecule has 0 N–H and O–H groups in total. The second-order valence-electron chi connectivity index (χ2n) is 4.36. The van der Waals surface area contributed by atoms with Crippen LogP contribution in [0.15, 0.2) is 22.7 Å². The van der Waals surface area contributed by atoms with Crippen molar-refractivity contribution in [3.8, 4) is 17.2 Å². The quantitative estimate of drug-likeness (QED) is 0.458. The average molecular weight is 312 g/mol. The third kappa shape index (κ3) is 3.30. The van der Waals surface area contributed by atoms with Crippen molar-refractivity contribution in [2.45, 2.75) is 25.1 Å². The number of halogens is 1. The third-order valence-electron chi connectivity index (χ3n) is 2.89. The van der Waals surface area contributed by atoms with Crippen molar-refractivity contribution in [3.05, 3.63) is 34.1 Å². The van der Waals surface area contributed by atoms with Crippen molar-refractivity contribution in [2.75, 3.05) is 7.11 Å². The van der Waals surface area contributed by atoms with Gasteiger partial charge in [-0.3, -0.25) is 10.1 Å². The first-order valence-electron chi connectivity index (χ1n) is 6.37. The van der Waals surface area contributed by atoms with Crippen LogP contribution in [0.3, 0.4) is 0 Å². The Balaban J connectivity index is 2.32. The molecule has 1 heterocycles. The van der Waals surface area contributed by atoms with Crippen LogP contribution in [0.4, 0.5) is 5.69 Å². The number of ether oxygens (including phenoxy) is 1. The molecule has 1 aromatic heterocycles. The summed E-state index contributed by atoms with van der Waals surface area (Å²) in [6, 6.07) is 4.35. The summed E-state index contributed by atoms with van der Waals surface area (Å²) in [4.78, 5) is 14.5. The van der Waals surface area contributed by atoms with Crippen LogP contribution in [0.1, 0.15) is 31.0 Å². The zero-order chi connectivity index (χ0) is 15.4. The maximum absolute atomic E-state index is 10.9. The summed E-state index contributed by atoms with van der Waals surface area (Å²) in [6.07, 6.45) is 1.65. The fraction of sp³-hybridized carbons (Fsp3) is 0.385. The van der Waals surface area contributed by atoms with Crippen LogP contribution >= 0.6 is 11.6 Å². The van der Waals surface area contributed by atoms with Crippen molar-refractivity contribution >= 4 is 17.3 Å². The number of nitro benzene ring substituents is 1. The lowest BCUT2D eigenvalue weighted by molar-refractivity contribution is -0.385. The van der Waals surface area contributed by atoms with Gasteiger partial charge < -0.3 is 9.26 Å². The van der Waals surface area contributed by atoms with E-state index in [0.717, 1.165) is 12.8 Å². The molecule has 0 radical (unpaired) electrons. The lowest BCUT2D eigenvalue weighted by Gasteiger charge is -2.02. The summed E-state index contributed by atoms with van der Waals surface area (Å²) in [5.41, 5.74) is 0.416. The number of alkyl halides is 1. The highest BCUT2D eigenvalue weighted by atomic mass is 35.5. The second kappa shape index (κ2) is 6.53. The lowest BCUT2D eigenvalue weighted by Crippen LogP contribution is -1.94. The smallest absolute Gasteiger partial charge is 0.310 e. The van der Waals surface area contributed by atoms with Gasteiger partial charge in [0.25, 0.3) is 5.89 Å². The molecule has 0 aliphatic heterocycles. The largest absolute Gasteiger partial charge is 0.490 e. The van der Waals surface area contributed by atoms with E-state index < -0.39 is 4.92 Å². The summed E-state index contributed by atoms with van der Waals surface area (Å²) < 4.78 is 10.2. The number of rotatable bonds is 6. The molecule has 1 unspecified atom stereocenters. The van der Waals surface area contributed by atoms with Crippen molar-refractivity contribution in [3.63, 3.8) is 0 Å².